The minimum Gasteiger partial charge on any atom is -0.462 e. The second-order valence-corrected chi connectivity index (χ2v) is 21.5. The van der Waals surface area contributed by atoms with Gasteiger partial charge < -0.3 is 49.3 Å². The summed E-state index contributed by atoms with van der Waals surface area (Å²) in [5.41, 5.74) is 0.891. The third kappa shape index (κ3) is 14.9. The smallest absolute Gasteiger partial charge is 0.459 e. The molecule has 2 aromatic carbocycles. The minimum absolute atomic E-state index is 0.0199. The molecule has 0 radical (unpaired) electrons. The van der Waals surface area contributed by atoms with E-state index in [0.29, 0.717) is 5.82 Å². The number of hydrogen-bond donors (Lipinski definition) is 6. The zero-order valence-electron chi connectivity index (χ0n) is 42.5. The predicted molar refractivity (Wildman–Crippen MR) is 267 cm³/mol. The van der Waals surface area contributed by atoms with E-state index in [1.807, 2.05) is 12.1 Å². The molecule has 12 atom stereocenters. The molecular formula is C47H62N10O16P2. The lowest BCUT2D eigenvalue weighted by Crippen LogP contribution is -2.40. The van der Waals surface area contributed by atoms with Crippen LogP contribution in [-0.4, -0.2) is 110 Å². The quantitative estimate of drug-likeness (QED) is 0.0508. The summed E-state index contributed by atoms with van der Waals surface area (Å²) in [4.78, 5) is 57.1. The first-order chi connectivity index (χ1) is 35.3. The van der Waals surface area contributed by atoms with Crippen LogP contribution in [0, 0.1) is 33.5 Å². The molecule has 4 aromatic rings. The van der Waals surface area contributed by atoms with Crippen LogP contribution in [0.3, 0.4) is 0 Å². The number of aliphatic hydroxyl groups excluding tert-OH is 2. The zero-order valence-corrected chi connectivity index (χ0v) is 44.3. The molecule has 75 heavy (non-hydrogen) atoms. The van der Waals surface area contributed by atoms with Crippen LogP contribution in [0.25, 0.3) is 0 Å². The maximum atomic E-state index is 13.7. The van der Waals surface area contributed by atoms with Crippen molar-refractivity contribution in [3.63, 3.8) is 0 Å². The highest BCUT2D eigenvalue weighted by Crippen LogP contribution is 2.50. The molecule has 2 aliphatic rings. The molecule has 2 saturated heterocycles. The molecule has 4 unspecified atom stereocenters. The fourth-order valence-corrected chi connectivity index (χ4v) is 10.4. The third-order valence-corrected chi connectivity index (χ3v) is 14.6. The summed E-state index contributed by atoms with van der Waals surface area (Å²) in [6.07, 6.45) is -5.86. The number of rotatable bonds is 21. The Labute approximate surface area is 432 Å². The number of benzene rings is 2. The van der Waals surface area contributed by atoms with E-state index in [2.05, 4.69) is 25.5 Å². The number of para-hydroxylation sites is 2. The molecule has 0 bridgehead atoms. The van der Waals surface area contributed by atoms with Gasteiger partial charge in [-0.05, 0) is 91.8 Å². The van der Waals surface area contributed by atoms with Gasteiger partial charge in [0.1, 0.15) is 70.5 Å². The Bertz CT molecular complexity index is 2900. The molecule has 406 valence electrons. The number of nitrogens with zero attached hydrogens (tertiary/aromatic N) is 6. The van der Waals surface area contributed by atoms with Gasteiger partial charge in [0.25, 0.3) is 0 Å². The van der Waals surface area contributed by atoms with Crippen molar-refractivity contribution in [1.29, 1.82) is 10.5 Å². The van der Waals surface area contributed by atoms with Crippen molar-refractivity contribution in [3.05, 3.63) is 106 Å². The number of carbonyl (C=O) groups is 2. The standard InChI is InChI=1S/C24H32N5O8P.C23H30N5O8P/c1-15(2)35-21(31)16(3)28-38(33,37-17-9-7-6-8-10-17)34-13-18-20(30)24(4,14-25)22(36-18)29-12-11-19(26-5)27-23(29)32;1-14(2)34-20(30)15(3)27-37(32,36-16-8-6-5-7-9-16)33-12-17-19(29)23(4,13-24)21(35-17)28-11-10-18(25)26-22(28)31/h6-12,15-16,18,20,22,30H,13H2,1-5H3,(H,28,33)(H,26,27,32);5-11,14-15,17,19,21,29H,12H2,1-4H3,(H,27,32)(H2,25,26,31)/t16?,18-,20-,22?,24-,38-;15?,17-,19-,21?,23-,37-/m11/s1. The van der Waals surface area contributed by atoms with Crippen molar-refractivity contribution in [1.82, 2.24) is 29.3 Å². The molecule has 2 aromatic heterocycles. The van der Waals surface area contributed by atoms with Gasteiger partial charge in [0.2, 0.25) is 0 Å². The summed E-state index contributed by atoms with van der Waals surface area (Å²) in [6.45, 7) is 11.4. The number of esters is 2. The lowest BCUT2D eigenvalue weighted by atomic mass is 9.84. The fraction of sp³-hybridized carbons (Fsp3) is 0.489. The molecule has 0 aliphatic carbocycles. The fourth-order valence-electron chi connectivity index (χ4n) is 7.39. The minimum atomic E-state index is -4.25. The topological polar surface area (TPSA) is 362 Å². The number of nitriles is 2. The Morgan fingerprint density at radius 1 is 0.707 bits per heavy atom. The number of aromatic nitrogens is 4. The van der Waals surface area contributed by atoms with Crippen LogP contribution in [0.2, 0.25) is 0 Å². The summed E-state index contributed by atoms with van der Waals surface area (Å²) in [6, 6.07) is 21.0. The summed E-state index contributed by atoms with van der Waals surface area (Å²) >= 11 is 0. The highest BCUT2D eigenvalue weighted by Gasteiger charge is 2.57. The average molecular weight is 1090 g/mol. The van der Waals surface area contributed by atoms with Crippen LogP contribution in [0.5, 0.6) is 11.5 Å². The van der Waals surface area contributed by atoms with Crippen LogP contribution in [0.1, 0.15) is 67.8 Å². The van der Waals surface area contributed by atoms with Gasteiger partial charge in [-0.15, -0.1) is 0 Å². The first-order valence-electron chi connectivity index (χ1n) is 23.4. The predicted octanol–water partition coefficient (Wildman–Crippen LogP) is 3.95. The van der Waals surface area contributed by atoms with E-state index in [-0.39, 0.29) is 17.3 Å². The van der Waals surface area contributed by atoms with Gasteiger partial charge in [0.15, 0.2) is 12.5 Å². The second kappa shape index (κ2) is 25.3. The highest BCUT2D eigenvalue weighted by atomic mass is 31.2. The van der Waals surface area contributed by atoms with E-state index in [9.17, 15) is 49.0 Å². The average Bonchev–Trinajstić information content (AvgIpc) is 3.76. The lowest BCUT2D eigenvalue weighted by Gasteiger charge is -2.26. The largest absolute Gasteiger partial charge is 0.462 e. The van der Waals surface area contributed by atoms with Crippen molar-refractivity contribution in [2.45, 2.75) is 117 Å². The SMILES string of the molecule is CC(C)OC(=O)C(C)N[P@@](=O)(OC[C@H]1OC(n2ccc(N)nc2=O)[C@](C)(C#N)[C@@H]1O)Oc1ccccc1.CNc1ccn(C2O[C@H](CO[P@](=O)(NC(C)C(=O)OC(C)C)Oc3ccccc3)[C@@H](O)[C@@]2(C)C#N)c(=O)n1. The third-order valence-electron chi connectivity index (χ3n) is 11.4. The van der Waals surface area contributed by atoms with E-state index in [4.69, 9.17) is 42.8 Å². The van der Waals surface area contributed by atoms with Gasteiger partial charge in [-0.3, -0.25) is 27.8 Å². The number of anilines is 2. The summed E-state index contributed by atoms with van der Waals surface area (Å²) < 4.78 is 73.9. The number of nitrogen functional groups attached to an aromatic ring is 1. The van der Waals surface area contributed by atoms with Crippen LogP contribution in [0.4, 0.5) is 11.6 Å². The Hall–Kier alpha value is -6.54. The number of nitrogens with two attached hydrogens (primary N) is 1. The molecular weight excluding hydrogens is 1020 g/mol. The molecule has 2 aliphatic heterocycles. The second-order valence-electron chi connectivity index (χ2n) is 18.1. The normalized spacial score (nSPS) is 25.5. The van der Waals surface area contributed by atoms with Crippen molar-refractivity contribution in [2.75, 3.05) is 31.3 Å². The molecule has 28 heteroatoms. The van der Waals surface area contributed by atoms with Crippen molar-refractivity contribution in [2.24, 2.45) is 10.8 Å². The van der Waals surface area contributed by atoms with E-state index >= 15 is 0 Å². The van der Waals surface area contributed by atoms with Gasteiger partial charge >= 0.3 is 38.8 Å². The first-order valence-corrected chi connectivity index (χ1v) is 26.5. The molecule has 7 N–H and O–H groups in total. The number of aliphatic hydroxyl groups is 2. The van der Waals surface area contributed by atoms with Crippen LogP contribution in [-0.2, 0) is 46.7 Å². The van der Waals surface area contributed by atoms with Crippen LogP contribution in [0.15, 0.2) is 94.8 Å². The van der Waals surface area contributed by atoms with Gasteiger partial charge in [-0.25, -0.2) is 18.7 Å². The van der Waals surface area contributed by atoms with Gasteiger partial charge in [0, 0.05) is 19.4 Å². The van der Waals surface area contributed by atoms with E-state index in [0.717, 1.165) is 9.13 Å². The van der Waals surface area contributed by atoms with Gasteiger partial charge in [0.05, 0.1) is 37.6 Å². The van der Waals surface area contributed by atoms with Gasteiger partial charge in [-0.2, -0.15) is 30.7 Å². The number of carbonyl (C=O) groups excluding carboxylic acids is 2. The molecule has 0 amide bonds. The monoisotopic (exact) mass is 1080 g/mol. The molecule has 2 fully saturated rings. The Kier molecular flexibility index (Phi) is 20.0. The summed E-state index contributed by atoms with van der Waals surface area (Å²) in [5, 5.41) is 49.5. The maximum absolute atomic E-state index is 13.7. The van der Waals surface area contributed by atoms with E-state index in [1.54, 1.807) is 95.4 Å². The van der Waals surface area contributed by atoms with Crippen molar-refractivity contribution < 1.29 is 66.0 Å². The highest BCUT2D eigenvalue weighted by molar-refractivity contribution is 7.52. The molecule has 6 rings (SSSR count). The Morgan fingerprint density at radius 3 is 1.44 bits per heavy atom. The zero-order chi connectivity index (χ0) is 55.5. The summed E-state index contributed by atoms with van der Waals surface area (Å²) in [5.74, 6) is -0.670. The maximum Gasteiger partial charge on any atom is 0.459 e. The molecule has 4 heterocycles. The molecule has 0 saturated carbocycles. The number of ether oxygens (including phenoxy) is 4. The Balaban J connectivity index is 0.000000277. The Morgan fingerprint density at radius 2 is 1.09 bits per heavy atom. The number of hydrogen-bond acceptors (Lipinski definition) is 22. The number of nitrogens with one attached hydrogen (secondary N) is 3. The van der Waals surface area contributed by atoms with Crippen molar-refractivity contribution in [3.8, 4) is 23.6 Å². The van der Waals surface area contributed by atoms with Crippen molar-refractivity contribution >= 4 is 39.1 Å². The van der Waals surface area contributed by atoms with Gasteiger partial charge in [-0.1, -0.05) is 36.4 Å². The van der Waals surface area contributed by atoms with E-state index < -0.39 is 124 Å². The van der Waals surface area contributed by atoms with Crippen LogP contribution >= 0.6 is 15.5 Å². The lowest BCUT2D eigenvalue weighted by molar-refractivity contribution is -0.150. The molecule has 26 nitrogen and oxygen atoms in total. The van der Waals surface area contributed by atoms with E-state index in [1.165, 1.54) is 52.2 Å². The summed E-state index contributed by atoms with van der Waals surface area (Å²) in [7, 11) is -6.90. The van der Waals surface area contributed by atoms with Crippen LogP contribution < -0.4 is 41.7 Å². The molecule has 0 spiro atoms. The first kappa shape index (κ1) is 59.3.